The Hall–Kier alpha value is -1.57. The Morgan fingerprint density at radius 1 is 1.11 bits per heavy atom. The first-order valence-electron chi connectivity index (χ1n) is 5.08. The Bertz CT molecular complexity index is 427. The molecule has 1 aromatic rings. The first kappa shape index (κ1) is 14.5. The molecule has 0 aromatic heterocycles. The average molecular weight is 261 g/mol. The number of carbonyl (C=O) groups is 1. The molecule has 0 saturated heterocycles. The van der Waals surface area contributed by atoms with Crippen LogP contribution in [0.3, 0.4) is 0 Å². The second kappa shape index (κ2) is 5.85. The van der Waals surface area contributed by atoms with E-state index in [1.54, 1.807) is 0 Å². The van der Waals surface area contributed by atoms with E-state index in [0.717, 1.165) is 12.1 Å². The van der Waals surface area contributed by atoms with Crippen LogP contribution in [0.2, 0.25) is 0 Å². The molecule has 4 N–H and O–H groups in total. The van der Waals surface area contributed by atoms with E-state index in [2.05, 4.69) is 5.32 Å². The van der Waals surface area contributed by atoms with E-state index in [0.29, 0.717) is 6.07 Å². The van der Waals surface area contributed by atoms with Crippen LogP contribution in [0.15, 0.2) is 18.2 Å². The number of hydrogen-bond acceptors (Lipinski definition) is 4. The van der Waals surface area contributed by atoms with Crippen molar-refractivity contribution < 1.29 is 28.9 Å². The Labute approximate surface area is 102 Å². The molecule has 0 aliphatic carbocycles. The SMILES string of the molecule is O=C(NC(CO)(CO)CO)c1ccc(F)c(F)c1. The topological polar surface area (TPSA) is 89.8 Å². The summed E-state index contributed by atoms with van der Waals surface area (Å²) < 4.78 is 25.6. The molecule has 1 amide bonds. The zero-order chi connectivity index (χ0) is 13.8. The van der Waals surface area contributed by atoms with Gasteiger partial charge in [0.25, 0.3) is 5.91 Å². The largest absolute Gasteiger partial charge is 0.394 e. The van der Waals surface area contributed by atoms with Gasteiger partial charge in [-0.3, -0.25) is 4.79 Å². The fourth-order valence-electron chi connectivity index (χ4n) is 1.22. The van der Waals surface area contributed by atoms with E-state index in [1.165, 1.54) is 0 Å². The molecule has 0 aliphatic heterocycles. The third-order valence-electron chi connectivity index (χ3n) is 2.47. The highest BCUT2D eigenvalue weighted by Gasteiger charge is 2.30. The second-order valence-corrected chi connectivity index (χ2v) is 3.84. The number of halogens is 2. The maximum absolute atomic E-state index is 12.9. The molecule has 0 spiro atoms. The Morgan fingerprint density at radius 2 is 1.67 bits per heavy atom. The van der Waals surface area contributed by atoms with Crippen molar-refractivity contribution in [2.45, 2.75) is 5.54 Å². The number of hydrogen-bond donors (Lipinski definition) is 4. The minimum absolute atomic E-state index is 0.186. The molecule has 0 radical (unpaired) electrons. The molecule has 1 rings (SSSR count). The third kappa shape index (κ3) is 3.00. The summed E-state index contributed by atoms with van der Waals surface area (Å²) in [6.45, 7) is -2.10. The summed E-state index contributed by atoms with van der Waals surface area (Å²) in [7, 11) is 0. The molecule has 100 valence electrons. The summed E-state index contributed by atoms with van der Waals surface area (Å²) in [5.41, 5.74) is -1.80. The first-order valence-corrected chi connectivity index (χ1v) is 5.08. The van der Waals surface area contributed by atoms with Gasteiger partial charge in [-0.15, -0.1) is 0 Å². The minimum Gasteiger partial charge on any atom is -0.394 e. The lowest BCUT2D eigenvalue weighted by atomic mass is 10.0. The lowest BCUT2D eigenvalue weighted by Crippen LogP contribution is -2.57. The van der Waals surface area contributed by atoms with Crippen LogP contribution in [0, 0.1) is 11.6 Å². The van der Waals surface area contributed by atoms with Gasteiger partial charge in [0.15, 0.2) is 11.6 Å². The van der Waals surface area contributed by atoms with Crippen molar-refractivity contribution in [3.05, 3.63) is 35.4 Å². The molecule has 18 heavy (non-hydrogen) atoms. The Balaban J connectivity index is 2.90. The molecule has 0 bridgehead atoms. The van der Waals surface area contributed by atoms with Gasteiger partial charge in [0.1, 0.15) is 5.54 Å². The highest BCUT2D eigenvalue weighted by atomic mass is 19.2. The summed E-state index contributed by atoms with van der Waals surface area (Å²) in [6, 6.07) is 2.51. The number of nitrogens with one attached hydrogen (secondary N) is 1. The monoisotopic (exact) mass is 261 g/mol. The van der Waals surface area contributed by atoms with Gasteiger partial charge in [-0.1, -0.05) is 0 Å². The van der Waals surface area contributed by atoms with Crippen molar-refractivity contribution in [1.82, 2.24) is 5.32 Å². The van der Waals surface area contributed by atoms with Crippen LogP contribution in [0.4, 0.5) is 8.78 Å². The van der Waals surface area contributed by atoms with Crippen molar-refractivity contribution >= 4 is 5.91 Å². The summed E-state index contributed by atoms with van der Waals surface area (Å²) in [6.07, 6.45) is 0. The Morgan fingerprint density at radius 3 is 2.11 bits per heavy atom. The predicted octanol–water partition coefficient (Wildman–Crippen LogP) is -0.590. The summed E-state index contributed by atoms with van der Waals surface area (Å²) in [5.74, 6) is -3.12. The lowest BCUT2D eigenvalue weighted by Gasteiger charge is -2.28. The number of benzene rings is 1. The maximum Gasteiger partial charge on any atom is 0.252 e. The van der Waals surface area contributed by atoms with Crippen LogP contribution in [-0.2, 0) is 0 Å². The summed E-state index contributed by atoms with van der Waals surface area (Å²) >= 11 is 0. The van der Waals surface area contributed by atoms with Crippen molar-refractivity contribution in [3.63, 3.8) is 0 Å². The van der Waals surface area contributed by atoms with Crippen LogP contribution in [0.25, 0.3) is 0 Å². The molecular formula is C11H13F2NO4. The van der Waals surface area contributed by atoms with Crippen LogP contribution >= 0.6 is 0 Å². The van der Waals surface area contributed by atoms with Crippen LogP contribution in [-0.4, -0.2) is 46.6 Å². The van der Waals surface area contributed by atoms with Gasteiger partial charge in [0, 0.05) is 5.56 Å². The normalized spacial score (nSPS) is 11.4. The van der Waals surface area contributed by atoms with Crippen molar-refractivity contribution in [3.8, 4) is 0 Å². The number of carbonyl (C=O) groups excluding carboxylic acids is 1. The molecule has 0 fully saturated rings. The first-order chi connectivity index (χ1) is 8.48. The van der Waals surface area contributed by atoms with Crippen LogP contribution in [0.5, 0.6) is 0 Å². The number of rotatable bonds is 5. The standard InChI is InChI=1S/C11H13F2NO4/c12-8-2-1-7(3-9(8)13)10(18)14-11(4-15,5-16)6-17/h1-3,15-17H,4-6H2,(H,14,18). The van der Waals surface area contributed by atoms with E-state index in [-0.39, 0.29) is 5.56 Å². The zero-order valence-electron chi connectivity index (χ0n) is 9.36. The van der Waals surface area contributed by atoms with Crippen molar-refractivity contribution in [2.75, 3.05) is 19.8 Å². The van der Waals surface area contributed by atoms with Gasteiger partial charge in [0.2, 0.25) is 0 Å². The van der Waals surface area contributed by atoms with Crippen molar-refractivity contribution in [1.29, 1.82) is 0 Å². The fourth-order valence-corrected chi connectivity index (χ4v) is 1.22. The van der Waals surface area contributed by atoms with Crippen molar-refractivity contribution in [2.24, 2.45) is 0 Å². The number of aliphatic hydroxyl groups excluding tert-OH is 3. The summed E-state index contributed by atoms with van der Waals surface area (Å²) in [4.78, 5) is 11.7. The van der Waals surface area contributed by atoms with E-state index >= 15 is 0 Å². The molecule has 0 aliphatic rings. The fraction of sp³-hybridized carbons (Fsp3) is 0.364. The lowest BCUT2D eigenvalue weighted by molar-refractivity contribution is 0.0375. The highest BCUT2D eigenvalue weighted by molar-refractivity contribution is 5.94. The summed E-state index contributed by atoms with van der Waals surface area (Å²) in [5, 5.41) is 29.2. The highest BCUT2D eigenvalue weighted by Crippen LogP contribution is 2.10. The zero-order valence-corrected chi connectivity index (χ0v) is 9.36. The molecule has 7 heteroatoms. The van der Waals surface area contributed by atoms with Crippen LogP contribution < -0.4 is 5.32 Å². The van der Waals surface area contributed by atoms with Gasteiger partial charge in [-0.05, 0) is 18.2 Å². The molecule has 1 aromatic carbocycles. The third-order valence-corrected chi connectivity index (χ3v) is 2.47. The molecule has 0 atom stereocenters. The average Bonchev–Trinajstić information content (AvgIpc) is 2.39. The van der Waals surface area contributed by atoms with Gasteiger partial charge >= 0.3 is 0 Å². The molecule has 0 heterocycles. The Kier molecular flexibility index (Phi) is 4.71. The minimum atomic E-state index is -1.61. The quantitative estimate of drug-likeness (QED) is 0.570. The van der Waals surface area contributed by atoms with E-state index in [9.17, 15) is 13.6 Å². The van der Waals surface area contributed by atoms with Crippen LogP contribution in [0.1, 0.15) is 10.4 Å². The molecule has 5 nitrogen and oxygen atoms in total. The van der Waals surface area contributed by atoms with E-state index in [4.69, 9.17) is 15.3 Å². The maximum atomic E-state index is 12.9. The van der Waals surface area contributed by atoms with Gasteiger partial charge < -0.3 is 20.6 Å². The second-order valence-electron chi connectivity index (χ2n) is 3.84. The van der Waals surface area contributed by atoms with Gasteiger partial charge in [-0.25, -0.2) is 8.78 Å². The molecule has 0 saturated carbocycles. The predicted molar refractivity (Wildman–Crippen MR) is 57.8 cm³/mol. The van der Waals surface area contributed by atoms with E-state index in [1.807, 2.05) is 0 Å². The molecular weight excluding hydrogens is 248 g/mol. The number of aliphatic hydroxyl groups is 3. The smallest absolute Gasteiger partial charge is 0.252 e. The van der Waals surface area contributed by atoms with Gasteiger partial charge in [-0.2, -0.15) is 0 Å². The molecule has 0 unspecified atom stereocenters. The van der Waals surface area contributed by atoms with E-state index < -0.39 is 42.9 Å². The van der Waals surface area contributed by atoms with Gasteiger partial charge in [0.05, 0.1) is 19.8 Å². The number of amides is 1.